The zero-order valence-electron chi connectivity index (χ0n) is 13.9. The Labute approximate surface area is 150 Å². The highest BCUT2D eigenvalue weighted by Gasteiger charge is 2.10. The van der Waals surface area contributed by atoms with Crippen molar-refractivity contribution in [2.75, 3.05) is 6.54 Å². The maximum Gasteiger partial charge on any atom is 0.329 e. The van der Waals surface area contributed by atoms with Gasteiger partial charge in [-0.05, 0) is 35.9 Å². The first-order chi connectivity index (χ1) is 12.6. The number of nitrogens with zero attached hydrogens (tertiary/aromatic N) is 1. The molecule has 0 aliphatic carbocycles. The van der Waals surface area contributed by atoms with Gasteiger partial charge in [0.1, 0.15) is 18.2 Å². The lowest BCUT2D eigenvalue weighted by atomic mass is 10.2. The zero-order valence-corrected chi connectivity index (χ0v) is 13.9. The van der Waals surface area contributed by atoms with Crippen molar-refractivity contribution >= 4 is 18.0 Å². The summed E-state index contributed by atoms with van der Waals surface area (Å²) in [4.78, 5) is 22.7. The van der Waals surface area contributed by atoms with E-state index in [1.807, 2.05) is 0 Å². The molecule has 0 saturated carbocycles. The molecule has 0 atom stereocenters. The van der Waals surface area contributed by atoms with Crippen LogP contribution in [-0.2, 0) is 16.2 Å². The molecule has 0 aliphatic rings. The van der Waals surface area contributed by atoms with Gasteiger partial charge >= 0.3 is 11.8 Å². The topological polar surface area (TPSA) is 79.8 Å². The largest absolute Gasteiger partial charge is 0.489 e. The van der Waals surface area contributed by atoms with E-state index in [1.54, 1.807) is 42.5 Å². The van der Waals surface area contributed by atoms with E-state index in [9.17, 15) is 14.0 Å². The van der Waals surface area contributed by atoms with Gasteiger partial charge in [0, 0.05) is 12.1 Å². The summed E-state index contributed by atoms with van der Waals surface area (Å²) in [5.74, 6) is -1.41. The summed E-state index contributed by atoms with van der Waals surface area (Å²) in [6.45, 7) is 3.75. The number of benzene rings is 2. The van der Waals surface area contributed by atoms with Gasteiger partial charge < -0.3 is 10.1 Å². The van der Waals surface area contributed by atoms with Crippen LogP contribution < -0.4 is 15.5 Å². The molecule has 0 heterocycles. The summed E-state index contributed by atoms with van der Waals surface area (Å²) < 4.78 is 19.0. The maximum absolute atomic E-state index is 13.5. The summed E-state index contributed by atoms with van der Waals surface area (Å²) in [6.07, 6.45) is 2.85. The molecule has 134 valence electrons. The minimum atomic E-state index is -0.868. The molecule has 2 N–H and O–H groups in total. The molecule has 0 unspecified atom stereocenters. The fourth-order valence-electron chi connectivity index (χ4n) is 1.89. The van der Waals surface area contributed by atoms with Crippen LogP contribution >= 0.6 is 0 Å². The van der Waals surface area contributed by atoms with E-state index >= 15 is 0 Å². The quantitative estimate of drug-likeness (QED) is 0.346. The van der Waals surface area contributed by atoms with Crippen molar-refractivity contribution in [1.82, 2.24) is 10.7 Å². The Balaban J connectivity index is 1.83. The average Bonchev–Trinajstić information content (AvgIpc) is 2.66. The van der Waals surface area contributed by atoms with Crippen LogP contribution in [0.1, 0.15) is 11.1 Å². The third kappa shape index (κ3) is 5.86. The van der Waals surface area contributed by atoms with E-state index in [-0.39, 0.29) is 19.0 Å². The maximum atomic E-state index is 13.5. The first kappa shape index (κ1) is 18.9. The lowest BCUT2D eigenvalue weighted by Crippen LogP contribution is -2.37. The minimum absolute atomic E-state index is 0.121. The number of rotatable bonds is 7. The van der Waals surface area contributed by atoms with Gasteiger partial charge in [0.15, 0.2) is 0 Å². The van der Waals surface area contributed by atoms with Crippen molar-refractivity contribution in [3.63, 3.8) is 0 Å². The number of ether oxygens (including phenoxy) is 1. The van der Waals surface area contributed by atoms with E-state index in [1.165, 1.54) is 18.4 Å². The number of hydrogen-bond donors (Lipinski definition) is 2. The normalized spacial score (nSPS) is 10.3. The van der Waals surface area contributed by atoms with E-state index in [0.717, 1.165) is 0 Å². The summed E-state index contributed by atoms with van der Waals surface area (Å²) >= 11 is 0. The molecular weight excluding hydrogens is 337 g/mol. The Morgan fingerprint density at radius 2 is 1.85 bits per heavy atom. The highest BCUT2D eigenvalue weighted by Crippen LogP contribution is 2.15. The molecule has 2 aromatic rings. The number of hydrogen-bond acceptors (Lipinski definition) is 4. The van der Waals surface area contributed by atoms with E-state index in [2.05, 4.69) is 22.4 Å². The van der Waals surface area contributed by atoms with Crippen LogP contribution in [0.15, 0.2) is 66.3 Å². The molecule has 2 aromatic carbocycles. The van der Waals surface area contributed by atoms with Gasteiger partial charge in [-0.1, -0.05) is 24.3 Å². The van der Waals surface area contributed by atoms with Gasteiger partial charge in [-0.2, -0.15) is 5.10 Å². The second-order valence-corrected chi connectivity index (χ2v) is 5.15. The zero-order chi connectivity index (χ0) is 18.8. The number of carbonyl (C=O) groups excluding carboxylic acids is 2. The van der Waals surface area contributed by atoms with Crippen molar-refractivity contribution in [1.29, 1.82) is 0 Å². The van der Waals surface area contributed by atoms with Crippen LogP contribution in [0.2, 0.25) is 0 Å². The SMILES string of the molecule is C=CCNC(=O)C(=O)N/N=C\c1ccc(OCc2ccccc2F)cc1. The molecule has 6 nitrogen and oxygen atoms in total. The van der Waals surface area contributed by atoms with Gasteiger partial charge in [0.05, 0.1) is 6.21 Å². The molecule has 0 aliphatic heterocycles. The lowest BCUT2D eigenvalue weighted by Gasteiger charge is -2.07. The molecule has 0 radical (unpaired) electrons. The van der Waals surface area contributed by atoms with Gasteiger partial charge in [0.2, 0.25) is 0 Å². The summed E-state index contributed by atoms with van der Waals surface area (Å²) in [5, 5.41) is 6.04. The van der Waals surface area contributed by atoms with Crippen LogP contribution in [-0.4, -0.2) is 24.6 Å². The van der Waals surface area contributed by atoms with Crippen molar-refractivity contribution in [3.05, 3.63) is 78.1 Å². The molecule has 0 fully saturated rings. The number of nitrogens with one attached hydrogen (secondary N) is 2. The highest BCUT2D eigenvalue weighted by molar-refractivity contribution is 6.35. The predicted molar refractivity (Wildman–Crippen MR) is 96.1 cm³/mol. The van der Waals surface area contributed by atoms with Crippen LogP contribution in [0.5, 0.6) is 5.75 Å². The molecule has 0 aromatic heterocycles. The smallest absolute Gasteiger partial charge is 0.329 e. The summed E-state index contributed by atoms with van der Waals surface area (Å²) in [7, 11) is 0. The predicted octanol–water partition coefficient (Wildman–Crippen LogP) is 2.16. The summed E-state index contributed by atoms with van der Waals surface area (Å²) in [6, 6.07) is 13.2. The molecule has 0 saturated heterocycles. The third-order valence-corrected chi connectivity index (χ3v) is 3.23. The third-order valence-electron chi connectivity index (χ3n) is 3.23. The number of halogens is 1. The fourth-order valence-corrected chi connectivity index (χ4v) is 1.89. The molecule has 7 heteroatoms. The Hall–Kier alpha value is -3.48. The van der Waals surface area contributed by atoms with Gasteiger partial charge in [-0.15, -0.1) is 6.58 Å². The monoisotopic (exact) mass is 355 g/mol. The second-order valence-electron chi connectivity index (χ2n) is 5.15. The highest BCUT2D eigenvalue weighted by atomic mass is 19.1. The van der Waals surface area contributed by atoms with E-state index in [4.69, 9.17) is 4.74 Å². The van der Waals surface area contributed by atoms with Gasteiger partial charge in [-0.25, -0.2) is 9.82 Å². The molecule has 0 spiro atoms. The van der Waals surface area contributed by atoms with E-state index in [0.29, 0.717) is 16.9 Å². The van der Waals surface area contributed by atoms with Crippen LogP contribution in [0.4, 0.5) is 4.39 Å². The minimum Gasteiger partial charge on any atom is -0.489 e. The molecule has 2 rings (SSSR count). The standard InChI is InChI=1S/C19H18FN3O3/c1-2-11-21-18(24)19(25)23-22-12-14-7-9-16(10-8-14)26-13-15-5-3-4-6-17(15)20/h2-10,12H,1,11,13H2,(H,21,24)(H,23,25)/b22-12-. The van der Waals surface area contributed by atoms with Crippen molar-refractivity contribution in [2.24, 2.45) is 5.10 Å². The average molecular weight is 355 g/mol. The van der Waals surface area contributed by atoms with Gasteiger partial charge in [0.25, 0.3) is 0 Å². The Kier molecular flexibility index (Phi) is 7.05. The van der Waals surface area contributed by atoms with Crippen molar-refractivity contribution in [3.8, 4) is 5.75 Å². The van der Waals surface area contributed by atoms with E-state index < -0.39 is 11.8 Å². The molecule has 0 bridgehead atoms. The fraction of sp³-hybridized carbons (Fsp3) is 0.105. The first-order valence-electron chi connectivity index (χ1n) is 7.78. The van der Waals surface area contributed by atoms with Crippen molar-refractivity contribution < 1.29 is 18.7 Å². The second kappa shape index (κ2) is 9.73. The molecule has 26 heavy (non-hydrogen) atoms. The molecule has 2 amide bonds. The lowest BCUT2D eigenvalue weighted by molar-refractivity contribution is -0.139. The Morgan fingerprint density at radius 1 is 1.12 bits per heavy atom. The van der Waals surface area contributed by atoms with Crippen LogP contribution in [0.3, 0.4) is 0 Å². The van der Waals surface area contributed by atoms with Gasteiger partial charge in [-0.3, -0.25) is 9.59 Å². The van der Waals surface area contributed by atoms with Crippen LogP contribution in [0.25, 0.3) is 0 Å². The van der Waals surface area contributed by atoms with Crippen molar-refractivity contribution in [2.45, 2.75) is 6.61 Å². The Bertz CT molecular complexity index is 804. The molecular formula is C19H18FN3O3. The summed E-state index contributed by atoms with van der Waals surface area (Å²) in [5.41, 5.74) is 3.28. The first-order valence-corrected chi connectivity index (χ1v) is 7.78. The number of carbonyl (C=O) groups is 2. The van der Waals surface area contributed by atoms with Crippen LogP contribution in [0, 0.1) is 5.82 Å². The Morgan fingerprint density at radius 3 is 2.54 bits per heavy atom. The number of hydrazone groups is 1. The number of amides is 2.